The molecule has 1 heterocycles. The molecule has 2 aromatic rings. The summed E-state index contributed by atoms with van der Waals surface area (Å²) < 4.78 is 6.77. The molecule has 34 heavy (non-hydrogen) atoms. The lowest BCUT2D eigenvalue weighted by Gasteiger charge is -2.17. The lowest BCUT2D eigenvalue weighted by molar-refractivity contribution is -0.135. The van der Waals surface area contributed by atoms with Crippen LogP contribution in [0.5, 0.6) is 5.75 Å². The first kappa shape index (κ1) is 26.8. The molecule has 0 fully saturated rings. The highest BCUT2D eigenvalue weighted by atomic mass is 16.5. The van der Waals surface area contributed by atoms with Gasteiger partial charge in [0.2, 0.25) is 17.7 Å². The lowest BCUT2D eigenvalue weighted by Crippen LogP contribution is -2.34. The van der Waals surface area contributed by atoms with Gasteiger partial charge in [-0.05, 0) is 49.4 Å². The Morgan fingerprint density at radius 1 is 1.12 bits per heavy atom. The zero-order chi connectivity index (χ0) is 24.9. The number of hydrogen-bond acceptors (Lipinski definition) is 7. The van der Waals surface area contributed by atoms with Crippen molar-refractivity contribution in [2.24, 2.45) is 11.8 Å². The summed E-state index contributed by atoms with van der Waals surface area (Å²) in [7, 11) is 1.59. The van der Waals surface area contributed by atoms with E-state index in [2.05, 4.69) is 20.9 Å². The molecule has 0 radical (unpaired) electrons. The Bertz CT molecular complexity index is 928. The largest absolute Gasteiger partial charge is 0.497 e. The topological polar surface area (TPSA) is 147 Å². The normalized spacial score (nSPS) is 11.7. The fourth-order valence-corrected chi connectivity index (χ4v) is 3.43. The third-order valence-corrected chi connectivity index (χ3v) is 5.13. The van der Waals surface area contributed by atoms with Crippen molar-refractivity contribution in [3.8, 4) is 5.75 Å². The van der Waals surface area contributed by atoms with Crippen LogP contribution in [0.2, 0.25) is 0 Å². The molecule has 11 nitrogen and oxygen atoms in total. The van der Waals surface area contributed by atoms with Gasteiger partial charge in [-0.15, -0.1) is 5.10 Å². The number of unbranched alkanes of at least 4 members (excludes halogenated alkanes) is 1. The summed E-state index contributed by atoms with van der Waals surface area (Å²) in [5, 5.41) is 22.5. The van der Waals surface area contributed by atoms with E-state index in [1.54, 1.807) is 47.7 Å². The van der Waals surface area contributed by atoms with E-state index in [1.165, 1.54) is 0 Å². The van der Waals surface area contributed by atoms with Crippen LogP contribution in [0.4, 0.5) is 5.69 Å². The third-order valence-electron chi connectivity index (χ3n) is 5.13. The van der Waals surface area contributed by atoms with Gasteiger partial charge in [0.05, 0.1) is 19.9 Å². The van der Waals surface area contributed by atoms with Gasteiger partial charge in [0.15, 0.2) is 0 Å². The number of nitrogens with zero attached hydrogens (tertiary/aromatic N) is 3. The number of hydrogen-bond donors (Lipinski definition) is 4. The molecule has 1 aromatic heterocycles. The van der Waals surface area contributed by atoms with Crippen LogP contribution in [0.1, 0.15) is 51.6 Å². The fraction of sp³-hybridized carbons (Fsp3) is 0.522. The van der Waals surface area contributed by atoms with Crippen molar-refractivity contribution in [3.63, 3.8) is 0 Å². The lowest BCUT2D eigenvalue weighted by atomic mass is 9.93. The van der Waals surface area contributed by atoms with Crippen molar-refractivity contribution < 1.29 is 24.3 Å². The molecule has 3 amide bonds. The van der Waals surface area contributed by atoms with Crippen molar-refractivity contribution in [2.75, 3.05) is 12.4 Å². The van der Waals surface area contributed by atoms with Gasteiger partial charge in [-0.1, -0.05) is 19.1 Å². The van der Waals surface area contributed by atoms with E-state index in [9.17, 15) is 14.4 Å². The first-order valence-corrected chi connectivity index (χ1v) is 11.3. The van der Waals surface area contributed by atoms with E-state index in [4.69, 9.17) is 9.94 Å². The maximum Gasteiger partial charge on any atom is 0.244 e. The first-order chi connectivity index (χ1) is 16.3. The maximum atomic E-state index is 12.5. The SMILES string of the molecule is COc1ccc(NC(=O)CCCCn2cc(CNC(=O)C(CC(=O)NO)CC(C)C)nn2)cc1. The van der Waals surface area contributed by atoms with Gasteiger partial charge in [-0.3, -0.25) is 24.3 Å². The number of aromatic nitrogens is 3. The number of benzene rings is 1. The molecule has 0 bridgehead atoms. The van der Waals surface area contributed by atoms with Crippen molar-refractivity contribution >= 4 is 23.4 Å². The average Bonchev–Trinajstić information content (AvgIpc) is 3.27. The highest BCUT2D eigenvalue weighted by Gasteiger charge is 2.23. The van der Waals surface area contributed by atoms with E-state index >= 15 is 0 Å². The smallest absolute Gasteiger partial charge is 0.244 e. The number of aryl methyl sites for hydroxylation is 1. The fourth-order valence-electron chi connectivity index (χ4n) is 3.43. The highest BCUT2D eigenvalue weighted by molar-refractivity contribution is 5.90. The highest BCUT2D eigenvalue weighted by Crippen LogP contribution is 2.17. The minimum atomic E-state index is -0.593. The van der Waals surface area contributed by atoms with Crippen LogP contribution in [0.15, 0.2) is 30.5 Å². The van der Waals surface area contributed by atoms with Crippen LogP contribution in [0.25, 0.3) is 0 Å². The van der Waals surface area contributed by atoms with E-state index in [0.717, 1.165) is 17.9 Å². The molecule has 0 spiro atoms. The Balaban J connectivity index is 1.70. The van der Waals surface area contributed by atoms with Gasteiger partial charge in [-0.25, -0.2) is 5.48 Å². The predicted molar refractivity (Wildman–Crippen MR) is 125 cm³/mol. The minimum Gasteiger partial charge on any atom is -0.497 e. The Hall–Kier alpha value is -3.47. The van der Waals surface area contributed by atoms with Crippen LogP contribution < -0.4 is 20.9 Å². The first-order valence-electron chi connectivity index (χ1n) is 11.3. The van der Waals surface area contributed by atoms with Crippen molar-refractivity contribution in [2.45, 2.75) is 59.0 Å². The van der Waals surface area contributed by atoms with Crippen LogP contribution in [0.3, 0.4) is 0 Å². The Morgan fingerprint density at radius 2 is 1.85 bits per heavy atom. The summed E-state index contributed by atoms with van der Waals surface area (Å²) in [4.78, 5) is 36.0. The van der Waals surface area contributed by atoms with Gasteiger partial charge >= 0.3 is 0 Å². The number of hydroxylamine groups is 1. The van der Waals surface area contributed by atoms with Crippen LogP contribution in [0, 0.1) is 11.8 Å². The second-order valence-electron chi connectivity index (χ2n) is 8.49. The molecule has 0 aliphatic carbocycles. The molecule has 2 rings (SSSR count). The number of carbonyl (C=O) groups is 3. The molecule has 186 valence electrons. The third kappa shape index (κ3) is 9.57. The number of anilines is 1. The zero-order valence-electron chi connectivity index (χ0n) is 19.9. The summed E-state index contributed by atoms with van der Waals surface area (Å²) in [6.07, 6.45) is 4.02. The van der Waals surface area contributed by atoms with E-state index in [0.29, 0.717) is 31.5 Å². The van der Waals surface area contributed by atoms with Crippen molar-refractivity contribution in [1.29, 1.82) is 0 Å². The van der Waals surface area contributed by atoms with Gasteiger partial charge in [0.25, 0.3) is 0 Å². The molecule has 0 aliphatic rings. The summed E-state index contributed by atoms with van der Waals surface area (Å²) >= 11 is 0. The number of rotatable bonds is 14. The molecule has 0 saturated heterocycles. The molecular formula is C23H34N6O5. The summed E-state index contributed by atoms with van der Waals surface area (Å²) in [5.74, 6) is -0.501. The second-order valence-corrected chi connectivity index (χ2v) is 8.49. The summed E-state index contributed by atoms with van der Waals surface area (Å²) in [6.45, 7) is 4.72. The quantitative estimate of drug-likeness (QED) is 0.186. The Morgan fingerprint density at radius 3 is 2.50 bits per heavy atom. The number of amides is 3. The van der Waals surface area contributed by atoms with E-state index in [1.807, 2.05) is 13.8 Å². The Labute approximate surface area is 199 Å². The van der Waals surface area contributed by atoms with Gasteiger partial charge in [-0.2, -0.15) is 0 Å². The summed E-state index contributed by atoms with van der Waals surface area (Å²) in [6, 6.07) is 7.16. The zero-order valence-corrected chi connectivity index (χ0v) is 19.9. The standard InChI is InChI=1S/C23H34N6O5/c1-16(2)12-17(13-22(31)27-33)23(32)24-14-19-15-29(28-26-19)11-5-4-6-21(30)25-18-7-9-20(34-3)10-8-18/h7-10,15-17,33H,4-6,11-14H2,1-3H3,(H,24,32)(H,25,30)(H,27,31). The second kappa shape index (κ2) is 13.9. The number of carbonyl (C=O) groups excluding carboxylic acids is 3. The van der Waals surface area contributed by atoms with Crippen LogP contribution in [-0.2, 0) is 27.5 Å². The molecular weight excluding hydrogens is 440 g/mol. The average molecular weight is 475 g/mol. The minimum absolute atomic E-state index is 0.0574. The molecule has 11 heteroatoms. The molecule has 1 aromatic carbocycles. The van der Waals surface area contributed by atoms with Crippen LogP contribution >= 0.6 is 0 Å². The molecule has 1 unspecified atom stereocenters. The number of nitrogens with one attached hydrogen (secondary N) is 3. The van der Waals surface area contributed by atoms with Gasteiger partial charge in [0, 0.05) is 31.0 Å². The van der Waals surface area contributed by atoms with E-state index in [-0.39, 0.29) is 30.7 Å². The summed E-state index contributed by atoms with van der Waals surface area (Å²) in [5.41, 5.74) is 2.90. The van der Waals surface area contributed by atoms with E-state index < -0.39 is 11.8 Å². The van der Waals surface area contributed by atoms with Crippen molar-refractivity contribution in [1.82, 2.24) is 25.8 Å². The Kier molecular flexibility index (Phi) is 11.0. The van der Waals surface area contributed by atoms with Gasteiger partial charge in [0.1, 0.15) is 11.4 Å². The molecule has 0 saturated carbocycles. The van der Waals surface area contributed by atoms with Crippen LogP contribution in [-0.4, -0.2) is 45.0 Å². The number of methoxy groups -OCH3 is 1. The molecule has 0 aliphatic heterocycles. The number of ether oxygens (including phenoxy) is 1. The molecule has 4 N–H and O–H groups in total. The maximum absolute atomic E-state index is 12.5. The predicted octanol–water partition coefficient (Wildman–Crippen LogP) is 2.27. The van der Waals surface area contributed by atoms with Gasteiger partial charge < -0.3 is 15.4 Å². The van der Waals surface area contributed by atoms with Crippen molar-refractivity contribution in [3.05, 3.63) is 36.2 Å². The monoisotopic (exact) mass is 474 g/mol. The molecule has 1 atom stereocenters.